The molecule has 0 saturated carbocycles. The maximum absolute atomic E-state index is 13.6. The van der Waals surface area contributed by atoms with Crippen molar-refractivity contribution in [1.82, 2.24) is 4.90 Å². The number of anilines is 2. The number of nitrogens with zero attached hydrogens (tertiary/aromatic N) is 2. The van der Waals surface area contributed by atoms with E-state index in [2.05, 4.69) is 10.2 Å². The number of halogens is 3. The number of hydrogen-bond donors (Lipinski definition) is 1. The molecule has 1 fully saturated rings. The molecule has 7 heteroatoms. The third-order valence-electron chi connectivity index (χ3n) is 3.95. The minimum atomic E-state index is -0.449. The molecule has 0 spiro atoms. The minimum Gasteiger partial charge on any atom is -0.367 e. The maximum Gasteiger partial charge on any atom is 0.322 e. The van der Waals surface area contributed by atoms with Gasteiger partial charge in [0.25, 0.3) is 0 Å². The van der Waals surface area contributed by atoms with Crippen LogP contribution < -0.4 is 10.2 Å². The van der Waals surface area contributed by atoms with Crippen LogP contribution >= 0.6 is 23.2 Å². The zero-order valence-electron chi connectivity index (χ0n) is 12.8. The van der Waals surface area contributed by atoms with E-state index in [9.17, 15) is 9.18 Å². The Bertz CT molecular complexity index is 748. The summed E-state index contributed by atoms with van der Waals surface area (Å²) >= 11 is 12.3. The number of hydrogen-bond acceptors (Lipinski definition) is 2. The lowest BCUT2D eigenvalue weighted by atomic mass is 10.2. The zero-order chi connectivity index (χ0) is 17.1. The van der Waals surface area contributed by atoms with Crippen molar-refractivity contribution < 1.29 is 9.18 Å². The van der Waals surface area contributed by atoms with E-state index in [-0.39, 0.29) is 11.7 Å². The first-order valence-electron chi connectivity index (χ1n) is 7.55. The third-order valence-corrected chi connectivity index (χ3v) is 4.76. The fraction of sp³-hybridized carbons (Fsp3) is 0.235. The smallest absolute Gasteiger partial charge is 0.322 e. The molecule has 2 aromatic rings. The van der Waals surface area contributed by atoms with E-state index in [4.69, 9.17) is 23.2 Å². The number of para-hydroxylation sites is 1. The molecular formula is C17H16Cl2FN3O. The van der Waals surface area contributed by atoms with Gasteiger partial charge in [-0.3, -0.25) is 0 Å². The average molecular weight is 368 g/mol. The molecule has 1 aliphatic heterocycles. The molecule has 126 valence electrons. The topological polar surface area (TPSA) is 35.6 Å². The Morgan fingerprint density at radius 2 is 1.71 bits per heavy atom. The first kappa shape index (κ1) is 16.9. The Morgan fingerprint density at radius 3 is 2.42 bits per heavy atom. The first-order chi connectivity index (χ1) is 11.6. The number of rotatable bonds is 2. The monoisotopic (exact) mass is 367 g/mol. The second kappa shape index (κ2) is 7.28. The van der Waals surface area contributed by atoms with E-state index < -0.39 is 5.82 Å². The normalized spacial score (nSPS) is 14.6. The van der Waals surface area contributed by atoms with Crippen LogP contribution in [0, 0.1) is 5.82 Å². The van der Waals surface area contributed by atoms with E-state index >= 15 is 0 Å². The number of benzene rings is 2. The summed E-state index contributed by atoms with van der Waals surface area (Å²) in [4.78, 5) is 16.0. The second-order valence-electron chi connectivity index (χ2n) is 5.46. The van der Waals surface area contributed by atoms with E-state index in [1.165, 1.54) is 12.1 Å². The summed E-state index contributed by atoms with van der Waals surface area (Å²) in [5.74, 6) is -0.449. The van der Waals surface area contributed by atoms with Crippen LogP contribution in [0.2, 0.25) is 10.0 Å². The van der Waals surface area contributed by atoms with Crippen LogP contribution in [0.4, 0.5) is 20.6 Å². The summed E-state index contributed by atoms with van der Waals surface area (Å²) in [5.41, 5.74) is 1.04. The van der Waals surface area contributed by atoms with Crippen molar-refractivity contribution in [2.75, 3.05) is 36.4 Å². The van der Waals surface area contributed by atoms with E-state index in [1.807, 2.05) is 12.1 Å². The van der Waals surface area contributed by atoms with Crippen LogP contribution in [0.25, 0.3) is 0 Å². The second-order valence-corrected chi connectivity index (χ2v) is 6.24. The van der Waals surface area contributed by atoms with Crippen molar-refractivity contribution in [1.29, 1.82) is 0 Å². The van der Waals surface area contributed by atoms with Gasteiger partial charge in [0.05, 0.1) is 21.4 Å². The zero-order valence-corrected chi connectivity index (χ0v) is 14.3. The predicted octanol–water partition coefficient (Wildman–Crippen LogP) is 4.49. The Balaban J connectivity index is 1.62. The van der Waals surface area contributed by atoms with Crippen molar-refractivity contribution in [2.45, 2.75) is 0 Å². The van der Waals surface area contributed by atoms with Gasteiger partial charge in [0, 0.05) is 26.2 Å². The summed E-state index contributed by atoms with van der Waals surface area (Å²) < 4.78 is 13.6. The number of carbonyl (C=O) groups excluding carboxylic acids is 1. The average Bonchev–Trinajstić information content (AvgIpc) is 2.59. The van der Waals surface area contributed by atoms with Gasteiger partial charge >= 0.3 is 6.03 Å². The Hall–Kier alpha value is -1.98. The van der Waals surface area contributed by atoms with Crippen LogP contribution in [0.5, 0.6) is 0 Å². The number of nitrogens with one attached hydrogen (secondary N) is 1. The summed E-state index contributed by atoms with van der Waals surface area (Å²) in [5, 5.41) is 3.63. The summed E-state index contributed by atoms with van der Waals surface area (Å²) in [6, 6.07) is 11.3. The predicted molar refractivity (Wildman–Crippen MR) is 95.7 cm³/mol. The highest BCUT2D eigenvalue weighted by Crippen LogP contribution is 2.32. The third kappa shape index (κ3) is 3.57. The van der Waals surface area contributed by atoms with Gasteiger partial charge in [-0.2, -0.15) is 0 Å². The van der Waals surface area contributed by atoms with Crippen LogP contribution in [0.3, 0.4) is 0 Å². The lowest BCUT2D eigenvalue weighted by Gasteiger charge is -2.36. The van der Waals surface area contributed by atoms with Crippen molar-refractivity contribution in [2.24, 2.45) is 0 Å². The molecule has 4 nitrogen and oxygen atoms in total. The van der Waals surface area contributed by atoms with Crippen molar-refractivity contribution in [3.05, 3.63) is 58.3 Å². The van der Waals surface area contributed by atoms with Gasteiger partial charge in [-0.05, 0) is 24.3 Å². The maximum atomic E-state index is 13.6. The van der Waals surface area contributed by atoms with Crippen LogP contribution in [0.15, 0.2) is 42.5 Å². The quantitative estimate of drug-likeness (QED) is 0.848. The summed E-state index contributed by atoms with van der Waals surface area (Å²) in [6.45, 7) is 2.29. The fourth-order valence-electron chi connectivity index (χ4n) is 2.64. The van der Waals surface area contributed by atoms with Crippen LogP contribution in [-0.4, -0.2) is 37.1 Å². The Labute approximate surface area is 149 Å². The first-order valence-corrected chi connectivity index (χ1v) is 8.31. The van der Waals surface area contributed by atoms with Crippen molar-refractivity contribution in [3.8, 4) is 0 Å². The summed E-state index contributed by atoms with van der Waals surface area (Å²) in [6.07, 6.45) is 0. The fourth-order valence-corrected chi connectivity index (χ4v) is 3.06. The minimum absolute atomic E-state index is 0.183. The number of amides is 2. The molecule has 0 bridgehead atoms. The molecule has 0 atom stereocenters. The molecule has 1 N–H and O–H groups in total. The Kier molecular flexibility index (Phi) is 5.11. The van der Waals surface area contributed by atoms with Crippen molar-refractivity contribution >= 4 is 40.6 Å². The molecule has 1 aliphatic rings. The SMILES string of the molecule is O=C(Nc1ccccc1F)N1CCN(c2cccc(Cl)c2Cl)CC1. The molecule has 2 aromatic carbocycles. The van der Waals surface area contributed by atoms with Gasteiger partial charge in [0.15, 0.2) is 0 Å². The van der Waals surface area contributed by atoms with Gasteiger partial charge in [-0.15, -0.1) is 0 Å². The Morgan fingerprint density at radius 1 is 1.00 bits per heavy atom. The number of carbonyl (C=O) groups is 1. The van der Waals surface area contributed by atoms with Gasteiger partial charge < -0.3 is 15.1 Å². The molecule has 1 heterocycles. The molecular weight excluding hydrogens is 352 g/mol. The molecule has 24 heavy (non-hydrogen) atoms. The van der Waals surface area contributed by atoms with Crippen LogP contribution in [-0.2, 0) is 0 Å². The van der Waals surface area contributed by atoms with Gasteiger partial charge in [0.1, 0.15) is 5.82 Å². The molecule has 3 rings (SSSR count). The molecule has 0 aliphatic carbocycles. The largest absolute Gasteiger partial charge is 0.367 e. The highest BCUT2D eigenvalue weighted by atomic mass is 35.5. The van der Waals surface area contributed by atoms with E-state index in [0.29, 0.717) is 36.2 Å². The highest BCUT2D eigenvalue weighted by molar-refractivity contribution is 6.43. The number of urea groups is 1. The molecule has 1 saturated heterocycles. The van der Waals surface area contributed by atoms with E-state index in [1.54, 1.807) is 23.1 Å². The lowest BCUT2D eigenvalue weighted by Crippen LogP contribution is -2.50. The lowest BCUT2D eigenvalue weighted by molar-refractivity contribution is 0.208. The molecule has 2 amide bonds. The van der Waals surface area contributed by atoms with Crippen molar-refractivity contribution in [3.63, 3.8) is 0 Å². The molecule has 0 aromatic heterocycles. The summed E-state index contributed by atoms with van der Waals surface area (Å²) in [7, 11) is 0. The standard InChI is InChI=1S/C17H16Cl2FN3O/c18-12-4-3-7-15(16(12)19)22-8-10-23(11-9-22)17(24)21-14-6-2-1-5-13(14)20/h1-7H,8-11H2,(H,21,24). The number of piperazine rings is 1. The van der Waals surface area contributed by atoms with Gasteiger partial charge in [0.2, 0.25) is 0 Å². The van der Waals surface area contributed by atoms with Gasteiger partial charge in [-0.1, -0.05) is 41.4 Å². The van der Waals surface area contributed by atoms with Gasteiger partial charge in [-0.25, -0.2) is 9.18 Å². The van der Waals surface area contributed by atoms with E-state index in [0.717, 1.165) is 5.69 Å². The highest BCUT2D eigenvalue weighted by Gasteiger charge is 2.23. The van der Waals surface area contributed by atoms with Crippen LogP contribution in [0.1, 0.15) is 0 Å². The molecule has 0 unspecified atom stereocenters. The molecule has 0 radical (unpaired) electrons.